The summed E-state index contributed by atoms with van der Waals surface area (Å²) in [4.78, 5) is 8.68. The maximum atomic E-state index is 12.0. The predicted molar refractivity (Wildman–Crippen MR) is 77.3 cm³/mol. The summed E-state index contributed by atoms with van der Waals surface area (Å²) in [6, 6.07) is 0. The van der Waals surface area contributed by atoms with E-state index in [0.29, 0.717) is 18.1 Å². The molecule has 0 spiro atoms. The van der Waals surface area contributed by atoms with Crippen molar-refractivity contribution in [3.8, 4) is 0 Å². The summed E-state index contributed by atoms with van der Waals surface area (Å²) in [6.07, 6.45) is 0.671. The molecule has 1 aromatic rings. The Morgan fingerprint density at radius 3 is 2.20 bits per heavy atom. The highest BCUT2D eigenvalue weighted by Gasteiger charge is 2.27. The average molecular weight is 308 g/mol. The predicted octanol–water partition coefficient (Wildman–Crippen LogP) is 3.44. The van der Waals surface area contributed by atoms with E-state index in [1.54, 1.807) is 0 Å². The van der Waals surface area contributed by atoms with Gasteiger partial charge in [-0.3, -0.25) is 0 Å². The van der Waals surface area contributed by atoms with Crippen LogP contribution < -0.4 is 10.6 Å². The highest BCUT2D eigenvalue weighted by atomic mass is 32.2. The molecule has 1 heterocycles. The Labute approximate surface area is 121 Å². The number of hydrogen-bond acceptors (Lipinski definition) is 5. The first-order valence-corrected chi connectivity index (χ1v) is 7.41. The van der Waals surface area contributed by atoms with Gasteiger partial charge in [0.05, 0.1) is 0 Å². The Bertz CT molecular complexity index is 437. The van der Waals surface area contributed by atoms with Gasteiger partial charge in [0.15, 0.2) is 0 Å². The molecule has 0 aromatic carbocycles. The normalized spacial score (nSPS) is 11.5. The van der Waals surface area contributed by atoms with Crippen LogP contribution in [0.1, 0.15) is 25.2 Å². The number of thioether (sulfide) groups is 1. The number of aromatic nitrogens is 2. The van der Waals surface area contributed by atoms with Gasteiger partial charge in [-0.05, 0) is 25.6 Å². The van der Waals surface area contributed by atoms with E-state index in [9.17, 15) is 13.2 Å². The molecule has 0 atom stereocenters. The summed E-state index contributed by atoms with van der Waals surface area (Å²) >= 11 is -0.0384. The van der Waals surface area contributed by atoms with Gasteiger partial charge in [-0.1, -0.05) is 6.92 Å². The second-order valence-electron chi connectivity index (χ2n) is 4.07. The molecule has 1 aromatic heterocycles. The lowest BCUT2D eigenvalue weighted by molar-refractivity contribution is -0.0327. The second kappa shape index (κ2) is 7.56. The van der Waals surface area contributed by atoms with Gasteiger partial charge in [0.25, 0.3) is 0 Å². The molecule has 20 heavy (non-hydrogen) atoms. The summed E-state index contributed by atoms with van der Waals surface area (Å²) in [5, 5.41) is 6.08. The Morgan fingerprint density at radius 1 is 1.10 bits per heavy atom. The van der Waals surface area contributed by atoms with E-state index in [1.807, 2.05) is 20.8 Å². The molecule has 0 bridgehead atoms. The Balaban J connectivity index is 2.70. The molecule has 0 unspecified atom stereocenters. The molecule has 0 aliphatic heterocycles. The van der Waals surface area contributed by atoms with Crippen LogP contribution in [0.15, 0.2) is 0 Å². The molecule has 0 amide bonds. The largest absolute Gasteiger partial charge is 0.441 e. The lowest BCUT2D eigenvalue weighted by Gasteiger charge is -2.14. The van der Waals surface area contributed by atoms with Crippen LogP contribution in [0.2, 0.25) is 0 Å². The van der Waals surface area contributed by atoms with E-state index in [2.05, 4.69) is 20.6 Å². The second-order valence-corrected chi connectivity index (χ2v) is 5.23. The summed E-state index contributed by atoms with van der Waals surface area (Å²) in [7, 11) is 0. The smallest absolute Gasteiger partial charge is 0.370 e. The number of alkyl halides is 3. The van der Waals surface area contributed by atoms with E-state index in [0.717, 1.165) is 17.9 Å². The number of hydrogen-bond donors (Lipinski definition) is 2. The lowest BCUT2D eigenvalue weighted by Crippen LogP contribution is -2.14. The number of nitrogens with zero attached hydrogens (tertiary/aromatic N) is 2. The number of rotatable bonds is 7. The molecule has 0 saturated carbocycles. The quantitative estimate of drug-likeness (QED) is 0.756. The van der Waals surface area contributed by atoms with Crippen LogP contribution in [-0.4, -0.2) is 34.3 Å². The summed E-state index contributed by atoms with van der Waals surface area (Å²) in [6.45, 7) is 6.67. The zero-order chi connectivity index (χ0) is 15.2. The molecule has 0 radical (unpaired) electrons. The van der Waals surface area contributed by atoms with Crippen LogP contribution in [0.4, 0.5) is 24.8 Å². The Kier molecular flexibility index (Phi) is 6.38. The third-order valence-corrected chi connectivity index (χ3v) is 3.25. The van der Waals surface area contributed by atoms with Crippen molar-refractivity contribution in [2.24, 2.45) is 0 Å². The highest BCUT2D eigenvalue weighted by molar-refractivity contribution is 8.00. The van der Waals surface area contributed by atoms with Crippen LogP contribution in [-0.2, 0) is 6.42 Å². The fourth-order valence-electron chi connectivity index (χ4n) is 1.57. The fourth-order valence-corrected chi connectivity index (χ4v) is 2.00. The summed E-state index contributed by atoms with van der Waals surface area (Å²) in [5.41, 5.74) is -3.37. The van der Waals surface area contributed by atoms with Gasteiger partial charge in [-0.25, -0.2) is 9.97 Å². The molecule has 114 valence electrons. The van der Waals surface area contributed by atoms with Gasteiger partial charge < -0.3 is 10.6 Å². The van der Waals surface area contributed by atoms with Crippen molar-refractivity contribution in [2.45, 2.75) is 32.7 Å². The first-order chi connectivity index (χ1) is 9.37. The number of nitrogens with one attached hydrogen (secondary N) is 2. The fraction of sp³-hybridized carbons (Fsp3) is 0.667. The topological polar surface area (TPSA) is 49.8 Å². The van der Waals surface area contributed by atoms with E-state index in [4.69, 9.17) is 0 Å². The number of halogens is 3. The Hall–Kier alpha value is -1.18. The Morgan fingerprint density at radius 2 is 1.70 bits per heavy atom. The minimum atomic E-state index is -4.19. The number of anilines is 2. The standard InChI is InChI=1S/C12H19F3N4S/c1-4-9-18-10(16-5-2)8(3)11(19-9)17-6-7-20-12(13,14)15/h4-7H2,1-3H3,(H2,16,17,18,19). The zero-order valence-corrected chi connectivity index (χ0v) is 12.6. The molecule has 0 aliphatic carbocycles. The SMILES string of the molecule is CCNc1nc(CC)nc(NCCSC(F)(F)F)c1C. The van der Waals surface area contributed by atoms with E-state index >= 15 is 0 Å². The van der Waals surface area contributed by atoms with Gasteiger partial charge >= 0.3 is 5.51 Å². The maximum Gasteiger partial charge on any atom is 0.441 e. The van der Waals surface area contributed by atoms with E-state index in [1.165, 1.54) is 0 Å². The third-order valence-electron chi connectivity index (χ3n) is 2.51. The van der Waals surface area contributed by atoms with Gasteiger partial charge in [-0.2, -0.15) is 13.2 Å². The number of aryl methyl sites for hydroxylation is 1. The van der Waals surface area contributed by atoms with E-state index < -0.39 is 5.51 Å². The molecule has 8 heteroatoms. The maximum absolute atomic E-state index is 12.0. The highest BCUT2D eigenvalue weighted by Crippen LogP contribution is 2.29. The molecule has 0 saturated heterocycles. The van der Waals surface area contributed by atoms with Gasteiger partial charge in [-0.15, -0.1) is 0 Å². The van der Waals surface area contributed by atoms with Crippen molar-refractivity contribution in [1.29, 1.82) is 0 Å². The molecule has 2 N–H and O–H groups in total. The van der Waals surface area contributed by atoms with Crippen molar-refractivity contribution >= 4 is 23.4 Å². The van der Waals surface area contributed by atoms with Crippen molar-refractivity contribution < 1.29 is 13.2 Å². The van der Waals surface area contributed by atoms with Crippen LogP contribution in [0.3, 0.4) is 0 Å². The monoisotopic (exact) mass is 308 g/mol. The summed E-state index contributed by atoms with van der Waals surface area (Å²) in [5.74, 6) is 1.93. The van der Waals surface area contributed by atoms with Gasteiger partial charge in [0.2, 0.25) is 0 Å². The average Bonchev–Trinajstić information content (AvgIpc) is 2.37. The van der Waals surface area contributed by atoms with Crippen LogP contribution >= 0.6 is 11.8 Å². The molecule has 0 fully saturated rings. The zero-order valence-electron chi connectivity index (χ0n) is 11.8. The summed E-state index contributed by atoms with van der Waals surface area (Å²) < 4.78 is 36.1. The van der Waals surface area contributed by atoms with Gasteiger partial charge in [0, 0.05) is 30.8 Å². The first-order valence-electron chi connectivity index (χ1n) is 6.43. The van der Waals surface area contributed by atoms with Crippen molar-refractivity contribution in [3.05, 3.63) is 11.4 Å². The van der Waals surface area contributed by atoms with Crippen LogP contribution in [0.5, 0.6) is 0 Å². The lowest BCUT2D eigenvalue weighted by atomic mass is 10.3. The minimum Gasteiger partial charge on any atom is -0.370 e. The molecule has 1 rings (SSSR count). The first kappa shape index (κ1) is 16.9. The molecule has 4 nitrogen and oxygen atoms in total. The molecular weight excluding hydrogens is 289 g/mol. The van der Waals surface area contributed by atoms with Crippen molar-refractivity contribution in [2.75, 3.05) is 29.5 Å². The van der Waals surface area contributed by atoms with Crippen molar-refractivity contribution in [1.82, 2.24) is 9.97 Å². The van der Waals surface area contributed by atoms with Crippen LogP contribution in [0, 0.1) is 6.92 Å². The third kappa shape index (κ3) is 5.44. The van der Waals surface area contributed by atoms with Gasteiger partial charge in [0.1, 0.15) is 17.5 Å². The van der Waals surface area contributed by atoms with Crippen molar-refractivity contribution in [3.63, 3.8) is 0 Å². The molecular formula is C12H19F3N4S. The molecule has 0 aliphatic rings. The minimum absolute atomic E-state index is 0.0384. The van der Waals surface area contributed by atoms with E-state index in [-0.39, 0.29) is 24.1 Å². The van der Waals surface area contributed by atoms with Crippen LogP contribution in [0.25, 0.3) is 0 Å².